The molecular weight excluding hydrogens is 532 g/mol. The lowest BCUT2D eigenvalue weighted by Gasteiger charge is -2.20. The monoisotopic (exact) mass is 559 g/mol. The summed E-state index contributed by atoms with van der Waals surface area (Å²) in [6, 6.07) is 13.1. The van der Waals surface area contributed by atoms with Gasteiger partial charge < -0.3 is 25.8 Å². The van der Waals surface area contributed by atoms with E-state index in [4.69, 9.17) is 5.73 Å². The van der Waals surface area contributed by atoms with Crippen molar-refractivity contribution < 1.29 is 23.2 Å². The Morgan fingerprint density at radius 1 is 1.12 bits per heavy atom. The summed E-state index contributed by atoms with van der Waals surface area (Å²) in [5.74, 6) is -3.83. The summed E-state index contributed by atoms with van der Waals surface area (Å²) >= 11 is 0. The van der Waals surface area contributed by atoms with Gasteiger partial charge in [0.2, 0.25) is 5.91 Å². The molecule has 210 valence electrons. The van der Waals surface area contributed by atoms with Crippen LogP contribution in [0.3, 0.4) is 0 Å². The van der Waals surface area contributed by atoms with Crippen LogP contribution in [0, 0.1) is 11.6 Å². The van der Waals surface area contributed by atoms with Crippen LogP contribution < -0.4 is 11.1 Å². The number of rotatable bonds is 9. The highest BCUT2D eigenvalue weighted by atomic mass is 19.2. The number of aromatic amines is 2. The van der Waals surface area contributed by atoms with E-state index in [1.165, 1.54) is 6.07 Å². The maximum absolute atomic E-state index is 13.6. The first-order chi connectivity index (χ1) is 19.8. The summed E-state index contributed by atoms with van der Waals surface area (Å²) in [5, 5.41) is 11.1. The minimum absolute atomic E-state index is 0.00274. The van der Waals surface area contributed by atoms with Crippen LogP contribution in [-0.4, -0.2) is 49.2 Å². The Hall–Kier alpha value is -5.26. The summed E-state index contributed by atoms with van der Waals surface area (Å²) in [5.41, 5.74) is 9.84. The number of amides is 3. The standard InChI is InChI=1S/C29H27F2N7O3/c1-2-37(14-17-7-8-21(30)22(31)11-17)29(41)19(13-32)28(40)33-10-9-26(39)38-15-20-25(16-38)35-36-27(20)24-12-18-5-3-4-6-23(18)34-24/h2-8,11-13,34H,1,9-10,14-16,32H2,(H,33,40)(H,35,36)/b19-13-. The van der Waals surface area contributed by atoms with Gasteiger partial charge in [-0.05, 0) is 29.8 Å². The zero-order chi connectivity index (χ0) is 29.1. The Labute approximate surface area is 233 Å². The molecule has 1 aliphatic heterocycles. The quantitative estimate of drug-likeness (QED) is 0.142. The fourth-order valence-electron chi connectivity index (χ4n) is 4.73. The Morgan fingerprint density at radius 3 is 2.66 bits per heavy atom. The molecule has 12 heteroatoms. The third-order valence-corrected chi connectivity index (χ3v) is 6.87. The van der Waals surface area contributed by atoms with E-state index in [0.717, 1.165) is 63.0 Å². The molecule has 4 aromatic rings. The summed E-state index contributed by atoms with van der Waals surface area (Å²) in [4.78, 5) is 44.6. The zero-order valence-electron chi connectivity index (χ0n) is 21.9. The number of aromatic nitrogens is 3. The number of hydrogen-bond acceptors (Lipinski definition) is 5. The van der Waals surface area contributed by atoms with E-state index < -0.39 is 23.4 Å². The first-order valence-electron chi connectivity index (χ1n) is 12.8. The van der Waals surface area contributed by atoms with Crippen molar-refractivity contribution in [3.63, 3.8) is 0 Å². The number of halogens is 2. The molecule has 0 saturated carbocycles. The maximum atomic E-state index is 13.6. The van der Waals surface area contributed by atoms with Crippen molar-refractivity contribution in [2.24, 2.45) is 5.73 Å². The van der Waals surface area contributed by atoms with Crippen LogP contribution >= 0.6 is 0 Å². The second-order valence-corrected chi connectivity index (χ2v) is 9.50. The smallest absolute Gasteiger partial charge is 0.265 e. The van der Waals surface area contributed by atoms with Gasteiger partial charge in [0.05, 0.1) is 31.0 Å². The topological polar surface area (TPSA) is 140 Å². The van der Waals surface area contributed by atoms with Gasteiger partial charge in [0.15, 0.2) is 11.6 Å². The average Bonchev–Trinajstić information content (AvgIpc) is 3.68. The molecule has 5 N–H and O–H groups in total. The third-order valence-electron chi connectivity index (χ3n) is 6.87. The molecule has 0 unspecified atom stereocenters. The highest BCUT2D eigenvalue weighted by Gasteiger charge is 2.29. The van der Waals surface area contributed by atoms with Crippen molar-refractivity contribution in [3.05, 3.63) is 102 Å². The summed E-state index contributed by atoms with van der Waals surface area (Å²) in [7, 11) is 0. The highest BCUT2D eigenvalue weighted by Crippen LogP contribution is 2.32. The summed E-state index contributed by atoms with van der Waals surface area (Å²) < 4.78 is 26.8. The van der Waals surface area contributed by atoms with E-state index in [0.29, 0.717) is 13.1 Å². The van der Waals surface area contributed by atoms with Gasteiger partial charge in [0, 0.05) is 41.8 Å². The Bertz CT molecular complexity index is 1660. The van der Waals surface area contributed by atoms with E-state index in [-0.39, 0.29) is 36.6 Å². The molecule has 5 rings (SSSR count). The molecule has 0 aliphatic carbocycles. The molecule has 0 radical (unpaired) electrons. The first-order valence-corrected chi connectivity index (χ1v) is 12.8. The van der Waals surface area contributed by atoms with Crippen LogP contribution in [0.5, 0.6) is 0 Å². The molecule has 0 spiro atoms. The molecular formula is C29H27F2N7O3. The van der Waals surface area contributed by atoms with Crippen molar-refractivity contribution >= 4 is 28.6 Å². The molecule has 0 bridgehead atoms. The average molecular weight is 560 g/mol. The fraction of sp³-hybridized carbons (Fsp3) is 0.172. The predicted octanol–water partition coefficient (Wildman–Crippen LogP) is 3.20. The van der Waals surface area contributed by atoms with Crippen molar-refractivity contribution in [1.29, 1.82) is 0 Å². The fourth-order valence-corrected chi connectivity index (χ4v) is 4.73. The third kappa shape index (κ3) is 5.57. The Morgan fingerprint density at radius 2 is 1.93 bits per heavy atom. The van der Waals surface area contributed by atoms with E-state index >= 15 is 0 Å². The van der Waals surface area contributed by atoms with E-state index in [1.54, 1.807) is 4.90 Å². The lowest BCUT2D eigenvalue weighted by molar-refractivity contribution is -0.131. The molecule has 0 saturated heterocycles. The van der Waals surface area contributed by atoms with Gasteiger partial charge in [-0.2, -0.15) is 5.10 Å². The first kappa shape index (κ1) is 27.3. The van der Waals surface area contributed by atoms with Gasteiger partial charge in [-0.25, -0.2) is 8.78 Å². The van der Waals surface area contributed by atoms with Crippen LogP contribution in [0.1, 0.15) is 23.2 Å². The lowest BCUT2D eigenvalue weighted by Crippen LogP contribution is -2.37. The molecule has 41 heavy (non-hydrogen) atoms. The van der Waals surface area contributed by atoms with Crippen molar-refractivity contribution in [2.75, 3.05) is 6.54 Å². The Balaban J connectivity index is 1.15. The lowest BCUT2D eigenvalue weighted by atomic mass is 10.1. The molecule has 10 nitrogen and oxygen atoms in total. The SMILES string of the molecule is C=CN(Cc1ccc(F)c(F)c1)C(=O)/C(=C\N)C(=O)NCCC(=O)N1Cc2[nH]nc(-c3cc4ccccc4[nH]3)c2C1. The van der Waals surface area contributed by atoms with Gasteiger partial charge in [0.25, 0.3) is 11.8 Å². The number of nitrogens with two attached hydrogens (primary N) is 1. The zero-order valence-corrected chi connectivity index (χ0v) is 21.9. The van der Waals surface area contributed by atoms with Crippen molar-refractivity contribution in [2.45, 2.75) is 26.1 Å². The molecule has 1 aliphatic rings. The van der Waals surface area contributed by atoms with Gasteiger partial charge >= 0.3 is 0 Å². The predicted molar refractivity (Wildman–Crippen MR) is 147 cm³/mol. The summed E-state index contributed by atoms with van der Waals surface area (Å²) in [6.45, 7) is 4.09. The molecule has 0 fully saturated rings. The number of nitrogens with one attached hydrogen (secondary N) is 3. The van der Waals surface area contributed by atoms with Gasteiger partial charge in [-0.3, -0.25) is 19.5 Å². The number of hydrogen-bond donors (Lipinski definition) is 4. The maximum Gasteiger partial charge on any atom is 0.265 e. The minimum atomic E-state index is -1.06. The van der Waals surface area contributed by atoms with Crippen LogP contribution in [0.25, 0.3) is 22.3 Å². The molecule has 2 aromatic carbocycles. The van der Waals surface area contributed by atoms with E-state index in [9.17, 15) is 23.2 Å². The van der Waals surface area contributed by atoms with E-state index in [1.807, 2.05) is 30.3 Å². The van der Waals surface area contributed by atoms with Crippen LogP contribution in [-0.2, 0) is 34.0 Å². The molecule has 3 amide bonds. The number of fused-ring (bicyclic) bond motifs is 2. The number of carbonyl (C=O) groups is 3. The van der Waals surface area contributed by atoms with Crippen LogP contribution in [0.15, 0.2) is 73.1 Å². The second kappa shape index (κ2) is 11.5. The van der Waals surface area contributed by atoms with Crippen LogP contribution in [0.4, 0.5) is 8.78 Å². The van der Waals surface area contributed by atoms with Gasteiger partial charge in [-0.15, -0.1) is 0 Å². The summed E-state index contributed by atoms with van der Waals surface area (Å²) in [6.07, 6.45) is 2.01. The largest absolute Gasteiger partial charge is 0.404 e. The van der Waals surface area contributed by atoms with Crippen LogP contribution in [0.2, 0.25) is 0 Å². The number of nitrogens with zero attached hydrogens (tertiary/aromatic N) is 3. The van der Waals surface area contributed by atoms with Crippen molar-refractivity contribution in [3.8, 4) is 11.4 Å². The minimum Gasteiger partial charge on any atom is -0.404 e. The number of para-hydroxylation sites is 1. The highest BCUT2D eigenvalue weighted by molar-refractivity contribution is 6.18. The molecule has 0 atom stereocenters. The van der Waals surface area contributed by atoms with Gasteiger partial charge in [-0.1, -0.05) is 30.8 Å². The molecule has 3 heterocycles. The Kier molecular flexibility index (Phi) is 7.64. The van der Waals surface area contributed by atoms with E-state index in [2.05, 4.69) is 27.1 Å². The second-order valence-electron chi connectivity index (χ2n) is 9.50. The molecule has 2 aromatic heterocycles. The normalized spacial score (nSPS) is 12.8. The van der Waals surface area contributed by atoms with Crippen molar-refractivity contribution in [1.82, 2.24) is 30.3 Å². The number of H-pyrrole nitrogens is 2. The number of benzene rings is 2. The number of carbonyl (C=O) groups excluding carboxylic acids is 3. The van der Waals surface area contributed by atoms with Gasteiger partial charge in [0.1, 0.15) is 11.3 Å².